The Balaban J connectivity index is 1.47. The van der Waals surface area contributed by atoms with Gasteiger partial charge in [0, 0.05) is 28.7 Å². The second-order valence-electron chi connectivity index (χ2n) is 10.5. The molecule has 2 amide bonds. The zero-order chi connectivity index (χ0) is 28.1. The summed E-state index contributed by atoms with van der Waals surface area (Å²) in [6.45, 7) is 1.93. The number of anilines is 1. The molecule has 7 nitrogen and oxygen atoms in total. The molecule has 6 rings (SSSR count). The van der Waals surface area contributed by atoms with Crippen LogP contribution >= 0.6 is 15.9 Å². The number of Topliss-reactive ketones (excluding diaryl/α,β-unsaturated/α-hetero) is 1. The van der Waals surface area contributed by atoms with E-state index in [9.17, 15) is 24.3 Å². The van der Waals surface area contributed by atoms with Crippen LogP contribution in [0.3, 0.4) is 0 Å². The molecule has 2 aromatic carbocycles. The van der Waals surface area contributed by atoms with E-state index in [0.717, 1.165) is 17.6 Å². The van der Waals surface area contributed by atoms with E-state index in [1.54, 1.807) is 6.07 Å². The number of aliphatic hydroxyl groups is 1. The number of amides is 2. The molecule has 4 atom stereocenters. The highest BCUT2D eigenvalue weighted by Gasteiger charge is 2.56. The molecule has 4 aliphatic rings. The summed E-state index contributed by atoms with van der Waals surface area (Å²) in [7, 11) is 0. The number of hydrogen-bond acceptors (Lipinski definition) is 6. The number of halogens is 1. The first-order chi connectivity index (χ1) is 19.3. The largest absolute Gasteiger partial charge is 0.491 e. The minimum absolute atomic E-state index is 0.0694. The van der Waals surface area contributed by atoms with Crippen molar-refractivity contribution in [2.24, 2.45) is 17.8 Å². The lowest BCUT2D eigenvalue weighted by molar-refractivity contribution is -0.123. The molecule has 3 aliphatic carbocycles. The van der Waals surface area contributed by atoms with E-state index >= 15 is 0 Å². The molecule has 1 fully saturated rings. The zero-order valence-corrected chi connectivity index (χ0v) is 23.5. The summed E-state index contributed by atoms with van der Waals surface area (Å²) in [5, 5.41) is 9.38. The lowest BCUT2D eigenvalue weighted by Gasteiger charge is -2.42. The number of nitrogens with zero attached hydrogens (tertiary/aromatic N) is 1. The summed E-state index contributed by atoms with van der Waals surface area (Å²) in [6, 6.07) is 14.7. The lowest BCUT2D eigenvalue weighted by atomic mass is 9.59. The summed E-state index contributed by atoms with van der Waals surface area (Å²) in [5.74, 6) is -2.78. The Hall–Kier alpha value is -3.62. The number of aliphatic hydroxyl groups excluding tert-OH is 1. The van der Waals surface area contributed by atoms with E-state index in [0.29, 0.717) is 34.6 Å². The van der Waals surface area contributed by atoms with Crippen LogP contribution in [0.2, 0.25) is 0 Å². The minimum Gasteiger partial charge on any atom is -0.491 e. The average Bonchev–Trinajstić information content (AvgIpc) is 3.23. The van der Waals surface area contributed by atoms with Crippen molar-refractivity contribution >= 4 is 45.0 Å². The number of ether oxygens (including phenoxy) is 1. The van der Waals surface area contributed by atoms with Crippen LogP contribution in [0.1, 0.15) is 36.8 Å². The van der Waals surface area contributed by atoms with Crippen molar-refractivity contribution in [3.8, 4) is 5.75 Å². The molecule has 0 aromatic heterocycles. The number of rotatable bonds is 6. The second-order valence-corrected chi connectivity index (χ2v) is 11.4. The highest BCUT2D eigenvalue weighted by Crippen LogP contribution is 2.56. The molecule has 0 unspecified atom stereocenters. The first kappa shape index (κ1) is 26.6. The third kappa shape index (κ3) is 4.12. The van der Waals surface area contributed by atoms with Gasteiger partial charge >= 0.3 is 0 Å². The van der Waals surface area contributed by atoms with Gasteiger partial charge < -0.3 is 9.84 Å². The highest BCUT2D eigenvalue weighted by atomic mass is 79.9. The van der Waals surface area contributed by atoms with Crippen molar-refractivity contribution in [1.82, 2.24) is 0 Å². The molecule has 0 spiro atoms. The normalized spacial score (nSPS) is 25.8. The molecule has 1 N–H and O–H groups in total. The van der Waals surface area contributed by atoms with E-state index in [2.05, 4.69) is 15.9 Å². The Morgan fingerprint density at radius 3 is 2.48 bits per heavy atom. The van der Waals surface area contributed by atoms with E-state index in [-0.39, 0.29) is 47.5 Å². The van der Waals surface area contributed by atoms with Crippen molar-refractivity contribution in [1.29, 1.82) is 0 Å². The molecular weight excluding hydrogens is 574 g/mol. The Morgan fingerprint density at radius 2 is 1.75 bits per heavy atom. The van der Waals surface area contributed by atoms with Crippen LogP contribution in [-0.2, 0) is 25.6 Å². The van der Waals surface area contributed by atoms with Crippen LogP contribution < -0.4 is 9.64 Å². The zero-order valence-electron chi connectivity index (χ0n) is 21.9. The monoisotopic (exact) mass is 601 g/mol. The number of fused-ring (bicyclic) bond motifs is 3. The first-order valence-corrected chi connectivity index (χ1v) is 14.3. The van der Waals surface area contributed by atoms with Crippen LogP contribution in [0.5, 0.6) is 5.75 Å². The fourth-order valence-corrected chi connectivity index (χ4v) is 7.15. The number of para-hydroxylation sites is 1. The van der Waals surface area contributed by atoms with Gasteiger partial charge in [-0.1, -0.05) is 48.9 Å². The molecule has 204 valence electrons. The van der Waals surface area contributed by atoms with Crippen LogP contribution in [0, 0.1) is 17.8 Å². The number of carbonyl (C=O) groups excluding carboxylic acids is 4. The molecule has 0 saturated carbocycles. The van der Waals surface area contributed by atoms with Crippen LogP contribution in [0.15, 0.2) is 81.9 Å². The van der Waals surface area contributed by atoms with Crippen LogP contribution in [-0.4, -0.2) is 41.7 Å². The van der Waals surface area contributed by atoms with Gasteiger partial charge in [0.1, 0.15) is 12.4 Å². The maximum absolute atomic E-state index is 14.0. The molecule has 8 heteroatoms. The first-order valence-electron chi connectivity index (χ1n) is 13.5. The average molecular weight is 602 g/mol. The summed E-state index contributed by atoms with van der Waals surface area (Å²) >= 11 is 3.26. The smallest absolute Gasteiger partial charge is 0.238 e. The van der Waals surface area contributed by atoms with Crippen molar-refractivity contribution in [3.63, 3.8) is 0 Å². The number of carbonyl (C=O) groups is 4. The van der Waals surface area contributed by atoms with Crippen LogP contribution in [0.4, 0.5) is 5.69 Å². The van der Waals surface area contributed by atoms with Crippen molar-refractivity contribution < 1.29 is 29.0 Å². The Labute approximate surface area is 240 Å². The summed E-state index contributed by atoms with van der Waals surface area (Å²) < 4.78 is 6.04. The fourth-order valence-electron chi connectivity index (χ4n) is 6.70. The summed E-state index contributed by atoms with van der Waals surface area (Å²) in [5.41, 5.74) is 3.96. The van der Waals surface area contributed by atoms with Gasteiger partial charge in [-0.05, 0) is 64.9 Å². The van der Waals surface area contributed by atoms with Crippen LogP contribution in [0.25, 0.3) is 0 Å². The third-order valence-corrected chi connectivity index (χ3v) is 9.10. The Bertz CT molecular complexity index is 1530. The van der Waals surface area contributed by atoms with Gasteiger partial charge in [-0.2, -0.15) is 0 Å². The van der Waals surface area contributed by atoms with Gasteiger partial charge in [-0.15, -0.1) is 0 Å². The SMILES string of the molecule is CCc1ccc(N2C(=O)[C@H]3[C@H](CC=C4[C@H](c5ccccc5OCCO)C5=C(C[C@H]43)C(=O)C(Br)=CC5=O)C2=O)cc1. The minimum atomic E-state index is -0.645. The standard InChI is InChI=1S/C32H28BrNO6/c1-2-17-7-9-18(10-8-17)34-31(38)21-12-11-19-22(28(21)32(34)39)15-23-29(25(36)16-24(33)30(23)37)27(19)20-5-3-4-6-26(20)40-14-13-35/h3-11,16,21-22,27-28,35H,2,12-15H2,1H3/t21-,22+,27+,28-/m0/s1. The number of benzene rings is 2. The summed E-state index contributed by atoms with van der Waals surface area (Å²) in [6.07, 6.45) is 4.72. The molecule has 2 aromatic rings. The van der Waals surface area contributed by atoms with Gasteiger partial charge in [0.2, 0.25) is 11.8 Å². The third-order valence-electron chi connectivity index (χ3n) is 8.51. The lowest BCUT2D eigenvalue weighted by Crippen LogP contribution is -2.39. The van der Waals surface area contributed by atoms with Gasteiger partial charge in [0.15, 0.2) is 11.6 Å². The van der Waals surface area contributed by atoms with Gasteiger partial charge in [0.05, 0.1) is 28.6 Å². The molecule has 1 heterocycles. The molecular formula is C32H28BrNO6. The molecule has 1 saturated heterocycles. The number of allylic oxidation sites excluding steroid dienone is 6. The van der Waals surface area contributed by atoms with E-state index in [4.69, 9.17) is 4.74 Å². The van der Waals surface area contributed by atoms with E-state index in [1.165, 1.54) is 11.0 Å². The summed E-state index contributed by atoms with van der Waals surface area (Å²) in [4.78, 5) is 55.8. The quantitative estimate of drug-likeness (QED) is 0.295. The maximum Gasteiger partial charge on any atom is 0.238 e. The molecule has 40 heavy (non-hydrogen) atoms. The topological polar surface area (TPSA) is 101 Å². The maximum atomic E-state index is 14.0. The molecule has 1 aliphatic heterocycles. The predicted molar refractivity (Wildman–Crippen MR) is 152 cm³/mol. The van der Waals surface area contributed by atoms with Crippen molar-refractivity contribution in [2.45, 2.75) is 32.1 Å². The van der Waals surface area contributed by atoms with Gasteiger partial charge in [0.25, 0.3) is 0 Å². The number of imide groups is 1. The number of aryl methyl sites for hydroxylation is 1. The molecule has 0 bridgehead atoms. The Kier molecular flexibility index (Phi) is 6.92. The van der Waals surface area contributed by atoms with Crippen molar-refractivity contribution in [2.75, 3.05) is 18.1 Å². The second kappa shape index (κ2) is 10.4. The van der Waals surface area contributed by atoms with Gasteiger partial charge in [-0.25, -0.2) is 0 Å². The highest BCUT2D eigenvalue weighted by molar-refractivity contribution is 9.12. The van der Waals surface area contributed by atoms with E-state index < -0.39 is 23.7 Å². The fraction of sp³-hybridized carbons (Fsp3) is 0.312. The predicted octanol–water partition coefficient (Wildman–Crippen LogP) is 4.59. The number of hydrogen-bond donors (Lipinski definition) is 1. The Morgan fingerprint density at radius 1 is 1.00 bits per heavy atom. The van der Waals surface area contributed by atoms with Gasteiger partial charge in [-0.3, -0.25) is 24.1 Å². The molecule has 0 radical (unpaired) electrons. The van der Waals surface area contributed by atoms with E-state index in [1.807, 2.05) is 55.5 Å². The van der Waals surface area contributed by atoms with Crippen molar-refractivity contribution in [3.05, 3.63) is 93.0 Å². The number of ketones is 2.